The minimum atomic E-state index is 0.403. The maximum absolute atomic E-state index is 5.36. The van der Waals surface area contributed by atoms with E-state index < -0.39 is 0 Å². The van der Waals surface area contributed by atoms with E-state index in [1.165, 1.54) is 18.5 Å². The molecule has 4 nitrogen and oxygen atoms in total. The number of hydrogen-bond donors (Lipinski definition) is 1. The van der Waals surface area contributed by atoms with E-state index in [9.17, 15) is 0 Å². The quantitative estimate of drug-likeness (QED) is 0.831. The van der Waals surface area contributed by atoms with Gasteiger partial charge >= 0.3 is 0 Å². The fourth-order valence-electron chi connectivity index (χ4n) is 3.11. The number of hydrogen-bond acceptors (Lipinski definition) is 4. The smallest absolute Gasteiger partial charge is 0.119 e. The van der Waals surface area contributed by atoms with Crippen molar-refractivity contribution in [3.05, 3.63) is 29.8 Å². The Kier molecular flexibility index (Phi) is 6.03. The molecular formula is C17H29N3O. The second-order valence-electron chi connectivity index (χ2n) is 6.06. The van der Waals surface area contributed by atoms with Crippen LogP contribution in [0.4, 0.5) is 0 Å². The first-order chi connectivity index (χ1) is 10.1. The third-order valence-electron chi connectivity index (χ3n) is 4.30. The van der Waals surface area contributed by atoms with Crippen molar-refractivity contribution in [2.75, 3.05) is 47.4 Å². The Morgan fingerprint density at radius 2 is 2.24 bits per heavy atom. The summed E-state index contributed by atoms with van der Waals surface area (Å²) in [5.74, 6) is 0.936. The first kappa shape index (κ1) is 16.3. The zero-order valence-electron chi connectivity index (χ0n) is 13.8. The maximum atomic E-state index is 5.36. The number of benzene rings is 1. The van der Waals surface area contributed by atoms with Crippen LogP contribution in [0.2, 0.25) is 0 Å². The molecule has 0 aliphatic carbocycles. The minimum absolute atomic E-state index is 0.403. The van der Waals surface area contributed by atoms with Crippen molar-refractivity contribution >= 4 is 0 Å². The molecule has 118 valence electrons. The van der Waals surface area contributed by atoms with Crippen molar-refractivity contribution in [1.29, 1.82) is 0 Å². The summed E-state index contributed by atoms with van der Waals surface area (Å²) in [7, 11) is 6.04. The van der Waals surface area contributed by atoms with E-state index in [0.29, 0.717) is 12.1 Å². The summed E-state index contributed by atoms with van der Waals surface area (Å²) >= 11 is 0. The first-order valence-electron chi connectivity index (χ1n) is 7.90. The third kappa shape index (κ3) is 4.43. The van der Waals surface area contributed by atoms with Crippen LogP contribution in [0.1, 0.15) is 24.9 Å². The zero-order chi connectivity index (χ0) is 15.2. The van der Waals surface area contributed by atoms with E-state index >= 15 is 0 Å². The Labute approximate surface area is 129 Å². The van der Waals surface area contributed by atoms with Gasteiger partial charge in [0.05, 0.1) is 7.11 Å². The molecule has 0 spiro atoms. The fraction of sp³-hybridized carbons (Fsp3) is 0.647. The van der Waals surface area contributed by atoms with Gasteiger partial charge in [-0.2, -0.15) is 0 Å². The van der Waals surface area contributed by atoms with Crippen LogP contribution in [0, 0.1) is 0 Å². The Bertz CT molecular complexity index is 436. The molecule has 1 N–H and O–H groups in total. The monoisotopic (exact) mass is 291 g/mol. The lowest BCUT2D eigenvalue weighted by Gasteiger charge is -2.29. The Morgan fingerprint density at radius 1 is 1.43 bits per heavy atom. The van der Waals surface area contributed by atoms with Crippen LogP contribution in [0.15, 0.2) is 24.3 Å². The van der Waals surface area contributed by atoms with Crippen LogP contribution in [0.25, 0.3) is 0 Å². The summed E-state index contributed by atoms with van der Waals surface area (Å²) < 4.78 is 5.36. The summed E-state index contributed by atoms with van der Waals surface area (Å²) in [6.45, 7) is 6.66. The molecule has 0 bridgehead atoms. The highest BCUT2D eigenvalue weighted by atomic mass is 16.5. The molecule has 0 radical (unpaired) electrons. The summed E-state index contributed by atoms with van der Waals surface area (Å²) in [6, 6.07) is 9.50. The van der Waals surface area contributed by atoms with Crippen LogP contribution in [-0.4, -0.2) is 63.2 Å². The van der Waals surface area contributed by atoms with Crippen molar-refractivity contribution in [2.24, 2.45) is 0 Å². The molecule has 1 aliphatic rings. The topological polar surface area (TPSA) is 27.7 Å². The highest BCUT2D eigenvalue weighted by Crippen LogP contribution is 2.25. The van der Waals surface area contributed by atoms with E-state index in [4.69, 9.17) is 4.74 Å². The average molecular weight is 291 g/mol. The summed E-state index contributed by atoms with van der Waals surface area (Å²) in [5.41, 5.74) is 1.33. The van der Waals surface area contributed by atoms with Gasteiger partial charge in [-0.3, -0.25) is 4.90 Å². The number of nitrogens with one attached hydrogen (secondary N) is 1. The number of methoxy groups -OCH3 is 1. The molecule has 1 saturated heterocycles. The highest BCUT2D eigenvalue weighted by molar-refractivity contribution is 5.30. The Hall–Kier alpha value is -1.10. The number of nitrogens with zero attached hydrogens (tertiary/aromatic N) is 2. The molecule has 21 heavy (non-hydrogen) atoms. The molecule has 1 heterocycles. The fourth-order valence-corrected chi connectivity index (χ4v) is 3.11. The van der Waals surface area contributed by atoms with E-state index in [-0.39, 0.29) is 0 Å². The van der Waals surface area contributed by atoms with Crippen LogP contribution in [0.5, 0.6) is 5.75 Å². The van der Waals surface area contributed by atoms with E-state index in [1.807, 2.05) is 6.07 Å². The normalized spacial score (nSPS) is 20.9. The molecule has 1 aliphatic heterocycles. The van der Waals surface area contributed by atoms with Gasteiger partial charge in [-0.15, -0.1) is 0 Å². The van der Waals surface area contributed by atoms with Gasteiger partial charge in [-0.25, -0.2) is 0 Å². The predicted octanol–water partition coefficient (Wildman–Crippen LogP) is 1.98. The largest absolute Gasteiger partial charge is 0.497 e. The van der Waals surface area contributed by atoms with Crippen LogP contribution >= 0.6 is 0 Å². The predicted molar refractivity (Wildman–Crippen MR) is 87.9 cm³/mol. The van der Waals surface area contributed by atoms with Crippen molar-refractivity contribution in [2.45, 2.75) is 25.4 Å². The van der Waals surface area contributed by atoms with E-state index in [2.05, 4.69) is 54.3 Å². The van der Waals surface area contributed by atoms with Gasteiger partial charge < -0.3 is 15.0 Å². The van der Waals surface area contributed by atoms with E-state index in [1.54, 1.807) is 7.11 Å². The van der Waals surface area contributed by atoms with Crippen LogP contribution < -0.4 is 10.1 Å². The molecule has 0 saturated carbocycles. The lowest BCUT2D eigenvalue weighted by Crippen LogP contribution is -2.36. The molecule has 2 rings (SSSR count). The highest BCUT2D eigenvalue weighted by Gasteiger charge is 2.25. The molecule has 2 atom stereocenters. The van der Waals surface area contributed by atoms with E-state index in [0.717, 1.165) is 25.4 Å². The first-order valence-corrected chi connectivity index (χ1v) is 7.90. The summed E-state index contributed by atoms with van der Waals surface area (Å²) in [4.78, 5) is 4.87. The van der Waals surface area contributed by atoms with Crippen LogP contribution in [0.3, 0.4) is 0 Å². The van der Waals surface area contributed by atoms with Gasteiger partial charge in [-0.05, 0) is 51.3 Å². The second-order valence-corrected chi connectivity index (χ2v) is 6.06. The molecular weight excluding hydrogens is 262 g/mol. The lowest BCUT2D eigenvalue weighted by atomic mass is 10.1. The average Bonchev–Trinajstić information content (AvgIpc) is 2.92. The summed E-state index contributed by atoms with van der Waals surface area (Å²) in [5, 5.41) is 3.56. The van der Waals surface area contributed by atoms with Crippen molar-refractivity contribution < 1.29 is 4.74 Å². The number of likely N-dealkylation sites (N-methyl/N-ethyl adjacent to an activating group) is 2. The summed E-state index contributed by atoms with van der Waals surface area (Å²) in [6.07, 6.45) is 1.26. The van der Waals surface area contributed by atoms with Gasteiger partial charge in [0, 0.05) is 25.2 Å². The van der Waals surface area contributed by atoms with Crippen LogP contribution in [-0.2, 0) is 0 Å². The molecule has 4 heteroatoms. The molecule has 0 amide bonds. The molecule has 1 fully saturated rings. The van der Waals surface area contributed by atoms with Gasteiger partial charge in [0.1, 0.15) is 5.75 Å². The number of rotatable bonds is 7. The standard InChI is InChI=1S/C17H29N3O/c1-5-18-15-9-10-20(12-15)13-17(19(2)3)14-7-6-8-16(11-14)21-4/h6-8,11,15,17-18H,5,9-10,12-13H2,1-4H3. The van der Waals surface area contributed by atoms with Crippen molar-refractivity contribution in [3.63, 3.8) is 0 Å². The van der Waals surface area contributed by atoms with Crippen molar-refractivity contribution in [1.82, 2.24) is 15.1 Å². The van der Waals surface area contributed by atoms with Gasteiger partial charge in [0.15, 0.2) is 0 Å². The SMILES string of the molecule is CCNC1CCN(CC(c2cccc(OC)c2)N(C)C)C1. The Balaban J connectivity index is 2.02. The second kappa shape index (κ2) is 7.78. The third-order valence-corrected chi connectivity index (χ3v) is 4.30. The van der Waals surface area contributed by atoms with Gasteiger partial charge in [-0.1, -0.05) is 19.1 Å². The van der Waals surface area contributed by atoms with Crippen molar-refractivity contribution in [3.8, 4) is 5.75 Å². The lowest BCUT2D eigenvalue weighted by molar-refractivity contribution is 0.206. The minimum Gasteiger partial charge on any atom is -0.497 e. The van der Waals surface area contributed by atoms with Gasteiger partial charge in [0.25, 0.3) is 0 Å². The molecule has 1 aromatic rings. The zero-order valence-corrected chi connectivity index (χ0v) is 13.8. The molecule has 0 aromatic heterocycles. The van der Waals surface area contributed by atoms with Gasteiger partial charge in [0.2, 0.25) is 0 Å². The Morgan fingerprint density at radius 3 is 2.90 bits per heavy atom. The maximum Gasteiger partial charge on any atom is 0.119 e. The molecule has 2 unspecified atom stereocenters. The number of ether oxygens (including phenoxy) is 1. The number of likely N-dealkylation sites (tertiary alicyclic amines) is 1. The molecule has 1 aromatic carbocycles.